The molecule has 3 rings (SSSR count). The van der Waals surface area contributed by atoms with Gasteiger partial charge >= 0.3 is 0 Å². The van der Waals surface area contributed by atoms with Crippen LogP contribution in [0.5, 0.6) is 0 Å². The Hall–Kier alpha value is -2.83. The molecule has 1 N–H and O–H groups in total. The Kier molecular flexibility index (Phi) is 4.50. The normalized spacial score (nSPS) is 10.8. The van der Waals surface area contributed by atoms with Crippen LogP contribution in [-0.2, 0) is 13.1 Å². The van der Waals surface area contributed by atoms with Crippen molar-refractivity contribution in [3.63, 3.8) is 0 Å². The fourth-order valence-electron chi connectivity index (χ4n) is 2.27. The highest BCUT2D eigenvalue weighted by molar-refractivity contribution is 5.43. The second kappa shape index (κ2) is 6.74. The van der Waals surface area contributed by atoms with Crippen molar-refractivity contribution in [1.82, 2.24) is 9.55 Å². The SMILES string of the molecule is Fc1ccc(Cn2cncc2CNc2ccc(F)c(F)c2)c(F)c1. The van der Waals surface area contributed by atoms with E-state index in [0.29, 0.717) is 16.9 Å². The molecule has 2 aromatic carbocycles. The molecule has 124 valence electrons. The lowest BCUT2D eigenvalue weighted by molar-refractivity contribution is 0.509. The van der Waals surface area contributed by atoms with E-state index in [4.69, 9.17) is 0 Å². The molecular formula is C17H13F4N3. The number of halogens is 4. The fraction of sp³-hybridized carbons (Fsp3) is 0.118. The van der Waals surface area contributed by atoms with Crippen LogP contribution >= 0.6 is 0 Å². The van der Waals surface area contributed by atoms with Crippen LogP contribution in [0.4, 0.5) is 23.2 Å². The standard InChI is InChI=1S/C17H13F4N3/c18-12-2-1-11(16(20)5-12)9-24-10-22-7-14(24)8-23-13-3-4-15(19)17(21)6-13/h1-7,10,23H,8-9H2. The first-order valence-electron chi connectivity index (χ1n) is 7.15. The Morgan fingerprint density at radius 1 is 0.917 bits per heavy atom. The minimum atomic E-state index is -0.943. The van der Waals surface area contributed by atoms with Crippen molar-refractivity contribution in [3.05, 3.63) is 83.4 Å². The van der Waals surface area contributed by atoms with Crippen LogP contribution in [0.15, 0.2) is 48.9 Å². The predicted molar refractivity (Wildman–Crippen MR) is 81.4 cm³/mol. The van der Waals surface area contributed by atoms with Crippen LogP contribution in [0.25, 0.3) is 0 Å². The van der Waals surface area contributed by atoms with Gasteiger partial charge in [0.1, 0.15) is 11.6 Å². The third-order valence-electron chi connectivity index (χ3n) is 3.55. The van der Waals surface area contributed by atoms with Crippen LogP contribution in [0.3, 0.4) is 0 Å². The van der Waals surface area contributed by atoms with Gasteiger partial charge in [-0.3, -0.25) is 0 Å². The first kappa shape index (κ1) is 16.0. The van der Waals surface area contributed by atoms with Gasteiger partial charge in [0.05, 0.1) is 25.1 Å². The lowest BCUT2D eigenvalue weighted by Crippen LogP contribution is -2.09. The quantitative estimate of drug-likeness (QED) is 0.712. The predicted octanol–water partition coefficient (Wildman–Crippen LogP) is 4.10. The summed E-state index contributed by atoms with van der Waals surface area (Å²) in [6.45, 7) is 0.467. The molecule has 0 aliphatic heterocycles. The van der Waals surface area contributed by atoms with E-state index in [0.717, 1.165) is 18.2 Å². The number of nitrogens with one attached hydrogen (secondary N) is 1. The average molecular weight is 335 g/mol. The Morgan fingerprint density at radius 3 is 2.50 bits per heavy atom. The zero-order valence-corrected chi connectivity index (χ0v) is 12.4. The summed E-state index contributed by atoms with van der Waals surface area (Å²) in [7, 11) is 0. The van der Waals surface area contributed by atoms with Gasteiger partial charge in [-0.25, -0.2) is 22.5 Å². The summed E-state index contributed by atoms with van der Waals surface area (Å²) in [5, 5.41) is 2.94. The molecule has 0 unspecified atom stereocenters. The highest BCUT2D eigenvalue weighted by atomic mass is 19.2. The van der Waals surface area contributed by atoms with Crippen molar-refractivity contribution in [2.45, 2.75) is 13.1 Å². The number of nitrogens with zero attached hydrogens (tertiary/aromatic N) is 2. The topological polar surface area (TPSA) is 29.9 Å². The molecule has 0 fully saturated rings. The zero-order valence-electron chi connectivity index (χ0n) is 12.4. The Bertz CT molecular complexity index is 861. The maximum atomic E-state index is 13.7. The van der Waals surface area contributed by atoms with E-state index >= 15 is 0 Å². The van der Waals surface area contributed by atoms with Crippen molar-refractivity contribution in [2.75, 3.05) is 5.32 Å². The molecule has 0 saturated heterocycles. The second-order valence-corrected chi connectivity index (χ2v) is 5.23. The molecule has 0 radical (unpaired) electrons. The van der Waals surface area contributed by atoms with Crippen molar-refractivity contribution in [2.24, 2.45) is 0 Å². The second-order valence-electron chi connectivity index (χ2n) is 5.23. The summed E-state index contributed by atoms with van der Waals surface area (Å²) in [5.74, 6) is -3.13. The zero-order chi connectivity index (χ0) is 17.1. The summed E-state index contributed by atoms with van der Waals surface area (Å²) < 4.78 is 54.5. The van der Waals surface area contributed by atoms with Crippen LogP contribution in [0.2, 0.25) is 0 Å². The molecule has 0 amide bonds. The number of imidazole rings is 1. The minimum Gasteiger partial charge on any atom is -0.379 e. The fourth-order valence-corrected chi connectivity index (χ4v) is 2.27. The summed E-state index contributed by atoms with van der Waals surface area (Å²) in [6.07, 6.45) is 3.10. The number of aromatic nitrogens is 2. The molecule has 1 aromatic heterocycles. The first-order valence-corrected chi connectivity index (χ1v) is 7.15. The average Bonchev–Trinajstić information content (AvgIpc) is 2.98. The van der Waals surface area contributed by atoms with Crippen molar-refractivity contribution >= 4 is 5.69 Å². The van der Waals surface area contributed by atoms with E-state index in [1.807, 2.05) is 0 Å². The van der Waals surface area contributed by atoms with Gasteiger partial charge in [0.15, 0.2) is 11.6 Å². The van der Waals surface area contributed by atoms with E-state index in [1.54, 1.807) is 10.8 Å². The Balaban J connectivity index is 1.72. The van der Waals surface area contributed by atoms with E-state index in [1.165, 1.54) is 24.5 Å². The minimum absolute atomic E-state index is 0.181. The van der Waals surface area contributed by atoms with Gasteiger partial charge in [-0.15, -0.1) is 0 Å². The number of hydrogen-bond acceptors (Lipinski definition) is 2. The summed E-state index contributed by atoms with van der Waals surface area (Å²) in [4.78, 5) is 4.00. The molecule has 7 heteroatoms. The first-order chi connectivity index (χ1) is 11.5. The lowest BCUT2D eigenvalue weighted by atomic mass is 10.2. The molecule has 0 aliphatic rings. The van der Waals surface area contributed by atoms with Gasteiger partial charge in [0, 0.05) is 29.6 Å². The maximum absolute atomic E-state index is 13.7. The van der Waals surface area contributed by atoms with E-state index in [-0.39, 0.29) is 13.1 Å². The molecule has 24 heavy (non-hydrogen) atoms. The van der Waals surface area contributed by atoms with Gasteiger partial charge in [0.25, 0.3) is 0 Å². The molecule has 0 saturated carbocycles. The number of hydrogen-bond donors (Lipinski definition) is 1. The number of rotatable bonds is 5. The van der Waals surface area contributed by atoms with E-state index in [9.17, 15) is 17.6 Å². The van der Waals surface area contributed by atoms with Crippen LogP contribution in [0.1, 0.15) is 11.3 Å². The number of benzene rings is 2. The van der Waals surface area contributed by atoms with Crippen LogP contribution in [-0.4, -0.2) is 9.55 Å². The third kappa shape index (κ3) is 3.56. The summed E-state index contributed by atoms with van der Waals surface area (Å²) in [5.41, 5.74) is 1.45. The molecule has 3 aromatic rings. The van der Waals surface area contributed by atoms with Gasteiger partial charge in [-0.2, -0.15) is 0 Å². The lowest BCUT2D eigenvalue weighted by Gasteiger charge is -2.11. The van der Waals surface area contributed by atoms with Gasteiger partial charge in [-0.1, -0.05) is 6.07 Å². The summed E-state index contributed by atoms with van der Waals surface area (Å²) in [6, 6.07) is 6.88. The van der Waals surface area contributed by atoms with Gasteiger partial charge < -0.3 is 9.88 Å². The third-order valence-corrected chi connectivity index (χ3v) is 3.55. The Morgan fingerprint density at radius 2 is 1.75 bits per heavy atom. The van der Waals surface area contributed by atoms with Crippen LogP contribution in [0, 0.1) is 23.3 Å². The monoisotopic (exact) mass is 335 g/mol. The molecule has 0 atom stereocenters. The van der Waals surface area contributed by atoms with Crippen molar-refractivity contribution in [3.8, 4) is 0 Å². The molecule has 1 heterocycles. The smallest absolute Gasteiger partial charge is 0.160 e. The highest BCUT2D eigenvalue weighted by Gasteiger charge is 2.08. The summed E-state index contributed by atoms with van der Waals surface area (Å²) >= 11 is 0. The Labute approximate surface area is 135 Å². The van der Waals surface area contributed by atoms with Crippen LogP contribution < -0.4 is 5.32 Å². The van der Waals surface area contributed by atoms with Gasteiger partial charge in [0.2, 0.25) is 0 Å². The largest absolute Gasteiger partial charge is 0.379 e. The molecular weight excluding hydrogens is 322 g/mol. The maximum Gasteiger partial charge on any atom is 0.160 e. The number of anilines is 1. The molecule has 0 bridgehead atoms. The molecule has 0 spiro atoms. The molecule has 0 aliphatic carbocycles. The van der Waals surface area contributed by atoms with Crippen molar-refractivity contribution < 1.29 is 17.6 Å². The highest BCUT2D eigenvalue weighted by Crippen LogP contribution is 2.16. The molecule has 3 nitrogen and oxygen atoms in total. The van der Waals surface area contributed by atoms with Gasteiger partial charge in [-0.05, 0) is 18.2 Å². The van der Waals surface area contributed by atoms with E-state index in [2.05, 4.69) is 10.3 Å². The van der Waals surface area contributed by atoms with E-state index < -0.39 is 23.3 Å². The van der Waals surface area contributed by atoms with Crippen molar-refractivity contribution in [1.29, 1.82) is 0 Å².